The van der Waals surface area contributed by atoms with Crippen LogP contribution in [0, 0.1) is 0 Å². The minimum absolute atomic E-state index is 0.113. The van der Waals surface area contributed by atoms with Crippen LogP contribution in [0.15, 0.2) is 34.8 Å². The number of nitrogen functional groups attached to an aromatic ring is 1. The smallest absolute Gasteiger partial charge is 0.180 e. The van der Waals surface area contributed by atoms with Crippen LogP contribution in [0.1, 0.15) is 11.3 Å². The van der Waals surface area contributed by atoms with E-state index in [1.165, 1.54) is 11.3 Å². The van der Waals surface area contributed by atoms with Gasteiger partial charge in [0, 0.05) is 10.4 Å². The topological polar surface area (TPSA) is 77.6 Å². The second-order valence-corrected chi connectivity index (χ2v) is 4.89. The molecule has 2 rings (SSSR count). The van der Waals surface area contributed by atoms with Gasteiger partial charge in [-0.2, -0.15) is 0 Å². The number of thiazole rings is 1. The molecule has 0 radical (unpaired) electrons. The van der Waals surface area contributed by atoms with E-state index in [-0.39, 0.29) is 12.3 Å². The molecule has 0 saturated carbocycles. The van der Waals surface area contributed by atoms with Crippen molar-refractivity contribution in [1.82, 2.24) is 4.98 Å². The number of nitrogens with zero attached hydrogens (tertiary/aromatic N) is 2. The highest BCUT2D eigenvalue weighted by atomic mass is 35.5. The highest BCUT2D eigenvalue weighted by Gasteiger charge is 2.07. The Bertz CT molecular complexity index is 595. The summed E-state index contributed by atoms with van der Waals surface area (Å²) in [5.74, 6) is 0. The van der Waals surface area contributed by atoms with Crippen LogP contribution >= 0.6 is 22.9 Å². The second-order valence-electron chi connectivity index (χ2n) is 3.57. The third-order valence-corrected chi connectivity index (χ3v) is 3.13. The molecule has 0 unspecified atom stereocenters. The molecule has 1 aromatic carbocycles. The molecule has 0 amide bonds. The predicted octanol–water partition coefficient (Wildman–Crippen LogP) is 2.50. The number of rotatable bonds is 5. The molecule has 5 nitrogen and oxygen atoms in total. The van der Waals surface area contributed by atoms with Crippen molar-refractivity contribution >= 4 is 40.1 Å². The van der Waals surface area contributed by atoms with E-state index in [9.17, 15) is 4.79 Å². The number of hydrogen-bond donors (Lipinski definition) is 1. The number of halogens is 1. The number of hydrogen-bond acceptors (Lipinski definition) is 6. The normalized spacial score (nSPS) is 11.3. The summed E-state index contributed by atoms with van der Waals surface area (Å²) in [6, 6.07) is 7.15. The Balaban J connectivity index is 2.00. The van der Waals surface area contributed by atoms with Crippen molar-refractivity contribution in [2.45, 2.75) is 6.61 Å². The lowest BCUT2D eigenvalue weighted by molar-refractivity contribution is -0.102. The first-order chi connectivity index (χ1) is 9.19. The zero-order valence-corrected chi connectivity index (χ0v) is 11.3. The highest BCUT2D eigenvalue weighted by Crippen LogP contribution is 2.13. The van der Waals surface area contributed by atoms with E-state index < -0.39 is 0 Å². The number of carbonyl (C=O) groups is 1. The Labute approximate surface area is 118 Å². The van der Waals surface area contributed by atoms with Gasteiger partial charge in [0.15, 0.2) is 17.1 Å². The summed E-state index contributed by atoms with van der Waals surface area (Å²) < 4.78 is 0. The minimum atomic E-state index is 0.113. The largest absolute Gasteiger partial charge is 0.390 e. The summed E-state index contributed by atoms with van der Waals surface area (Å²) in [4.78, 5) is 20.0. The van der Waals surface area contributed by atoms with Gasteiger partial charge in [0.25, 0.3) is 0 Å². The lowest BCUT2D eigenvalue weighted by Crippen LogP contribution is -2.04. The second kappa shape index (κ2) is 6.31. The summed E-state index contributed by atoms with van der Waals surface area (Å²) >= 11 is 7.00. The lowest BCUT2D eigenvalue weighted by Gasteiger charge is -2.00. The first kappa shape index (κ1) is 13.5. The molecule has 0 aliphatic rings. The molecule has 0 bridgehead atoms. The third kappa shape index (κ3) is 3.77. The average molecular weight is 296 g/mol. The number of carbonyl (C=O) groups excluding carboxylic acids is 1. The van der Waals surface area contributed by atoms with Crippen LogP contribution in [0.2, 0.25) is 5.02 Å². The van der Waals surface area contributed by atoms with Crippen molar-refractivity contribution < 1.29 is 9.63 Å². The zero-order chi connectivity index (χ0) is 13.7. The van der Waals surface area contributed by atoms with Gasteiger partial charge in [-0.3, -0.25) is 4.79 Å². The van der Waals surface area contributed by atoms with Crippen LogP contribution in [-0.4, -0.2) is 17.0 Å². The number of oxime groups is 1. The van der Waals surface area contributed by atoms with Gasteiger partial charge in [0.05, 0.1) is 0 Å². The molecule has 19 heavy (non-hydrogen) atoms. The Hall–Kier alpha value is -1.92. The molecule has 0 aliphatic heterocycles. The molecule has 0 aliphatic carbocycles. The molecule has 1 aromatic heterocycles. The van der Waals surface area contributed by atoms with Crippen LogP contribution < -0.4 is 5.73 Å². The van der Waals surface area contributed by atoms with Gasteiger partial charge in [-0.25, -0.2) is 4.98 Å². The summed E-state index contributed by atoms with van der Waals surface area (Å²) in [6.07, 6.45) is 0.580. The van der Waals surface area contributed by atoms with Gasteiger partial charge in [0.1, 0.15) is 12.3 Å². The van der Waals surface area contributed by atoms with Gasteiger partial charge < -0.3 is 10.6 Å². The minimum Gasteiger partial charge on any atom is -0.390 e. The Morgan fingerprint density at radius 1 is 1.47 bits per heavy atom. The molecule has 0 fully saturated rings. The summed E-state index contributed by atoms with van der Waals surface area (Å²) in [5, 5.41) is 6.42. The predicted molar refractivity (Wildman–Crippen MR) is 75.4 cm³/mol. The van der Waals surface area contributed by atoms with Crippen molar-refractivity contribution in [1.29, 1.82) is 0 Å². The van der Waals surface area contributed by atoms with Crippen LogP contribution in [0.3, 0.4) is 0 Å². The van der Waals surface area contributed by atoms with E-state index in [1.54, 1.807) is 17.5 Å². The van der Waals surface area contributed by atoms with Crippen molar-refractivity contribution in [3.05, 3.63) is 45.9 Å². The highest BCUT2D eigenvalue weighted by molar-refractivity contribution is 7.13. The fourth-order valence-electron chi connectivity index (χ4n) is 1.29. The molecule has 1 heterocycles. The maximum atomic E-state index is 10.9. The maximum Gasteiger partial charge on any atom is 0.180 e. The van der Waals surface area contributed by atoms with Crippen LogP contribution in [-0.2, 0) is 16.2 Å². The first-order valence-corrected chi connectivity index (χ1v) is 6.56. The number of nitrogens with two attached hydrogens (primary N) is 1. The van der Waals surface area contributed by atoms with Crippen molar-refractivity contribution in [3.8, 4) is 0 Å². The molecular weight excluding hydrogens is 286 g/mol. The Kier molecular flexibility index (Phi) is 4.48. The van der Waals surface area contributed by atoms with Gasteiger partial charge in [-0.15, -0.1) is 11.3 Å². The van der Waals surface area contributed by atoms with E-state index in [2.05, 4.69) is 10.1 Å². The lowest BCUT2D eigenvalue weighted by atomic mass is 10.2. The number of aldehydes is 1. The van der Waals surface area contributed by atoms with Gasteiger partial charge in [-0.05, 0) is 17.7 Å². The molecule has 2 aromatic rings. The number of anilines is 1. The van der Waals surface area contributed by atoms with Gasteiger partial charge >= 0.3 is 0 Å². The average Bonchev–Trinajstić information content (AvgIpc) is 2.83. The molecule has 0 saturated heterocycles. The zero-order valence-electron chi connectivity index (χ0n) is 9.75. The molecule has 98 valence electrons. The quantitative estimate of drug-likeness (QED) is 0.522. The van der Waals surface area contributed by atoms with Gasteiger partial charge in [-0.1, -0.05) is 28.9 Å². The monoisotopic (exact) mass is 295 g/mol. The van der Waals surface area contributed by atoms with Crippen molar-refractivity contribution in [3.63, 3.8) is 0 Å². The number of benzene rings is 1. The fraction of sp³-hybridized carbons (Fsp3) is 0.0833. The third-order valence-electron chi connectivity index (χ3n) is 2.20. The summed E-state index contributed by atoms with van der Waals surface area (Å²) in [6.45, 7) is 0.244. The molecule has 2 N–H and O–H groups in total. The van der Waals surface area contributed by atoms with Crippen LogP contribution in [0.5, 0.6) is 0 Å². The molecular formula is C12H10ClN3O2S. The van der Waals surface area contributed by atoms with E-state index in [4.69, 9.17) is 22.2 Å². The number of aromatic nitrogens is 1. The molecule has 0 spiro atoms. The summed E-state index contributed by atoms with van der Waals surface area (Å²) in [7, 11) is 0. The van der Waals surface area contributed by atoms with Crippen LogP contribution in [0.4, 0.5) is 5.13 Å². The van der Waals surface area contributed by atoms with E-state index in [1.807, 2.05) is 12.1 Å². The van der Waals surface area contributed by atoms with E-state index in [0.717, 1.165) is 5.56 Å². The Morgan fingerprint density at radius 2 is 2.21 bits per heavy atom. The van der Waals surface area contributed by atoms with E-state index >= 15 is 0 Å². The summed E-state index contributed by atoms with van der Waals surface area (Å²) in [5.41, 5.74) is 6.91. The first-order valence-electron chi connectivity index (χ1n) is 5.30. The standard InChI is InChI=1S/C12H10ClN3O2S/c13-9-3-1-8(2-4-9)6-18-16-10(5-17)11-7-19-12(14)15-11/h1-5,7H,6H2,(H2,14,15)/b16-10+. The molecule has 7 heteroatoms. The maximum absolute atomic E-state index is 10.9. The van der Waals surface area contributed by atoms with Gasteiger partial charge in [0.2, 0.25) is 0 Å². The SMILES string of the molecule is Nc1nc(/C(C=O)=N/OCc2ccc(Cl)cc2)cs1. The van der Waals surface area contributed by atoms with Crippen molar-refractivity contribution in [2.75, 3.05) is 5.73 Å². The van der Waals surface area contributed by atoms with E-state index in [0.29, 0.717) is 22.1 Å². The van der Waals surface area contributed by atoms with Crippen molar-refractivity contribution in [2.24, 2.45) is 5.16 Å². The Morgan fingerprint density at radius 3 is 2.79 bits per heavy atom. The molecule has 0 atom stereocenters. The fourth-order valence-corrected chi connectivity index (χ4v) is 1.97. The van der Waals surface area contributed by atoms with Crippen LogP contribution in [0.25, 0.3) is 0 Å².